The summed E-state index contributed by atoms with van der Waals surface area (Å²) in [6, 6.07) is 10.6. The van der Waals surface area contributed by atoms with Crippen molar-refractivity contribution in [1.82, 2.24) is 15.3 Å². The summed E-state index contributed by atoms with van der Waals surface area (Å²) in [6.45, 7) is 1.85. The van der Waals surface area contributed by atoms with Crippen molar-refractivity contribution in [2.24, 2.45) is 5.92 Å². The molecule has 2 aromatic carbocycles. The highest BCUT2D eigenvalue weighted by molar-refractivity contribution is 5.96. The summed E-state index contributed by atoms with van der Waals surface area (Å²) >= 11 is 0. The van der Waals surface area contributed by atoms with Crippen LogP contribution in [-0.4, -0.2) is 52.4 Å². The van der Waals surface area contributed by atoms with Crippen molar-refractivity contribution in [2.45, 2.75) is 38.1 Å². The van der Waals surface area contributed by atoms with Gasteiger partial charge in [-0.2, -0.15) is 13.2 Å². The smallest absolute Gasteiger partial charge is 0.367 e. The van der Waals surface area contributed by atoms with Gasteiger partial charge in [0.15, 0.2) is 0 Å². The number of hydrogen-bond donors (Lipinski definition) is 1. The second-order valence-electron chi connectivity index (χ2n) is 9.00. The van der Waals surface area contributed by atoms with Crippen molar-refractivity contribution in [1.29, 1.82) is 0 Å². The molecule has 0 bridgehead atoms. The lowest BCUT2D eigenvalue weighted by Gasteiger charge is -2.39. The number of non-ortho nitro benzene ring substituents is 1. The van der Waals surface area contributed by atoms with Gasteiger partial charge in [0.25, 0.3) is 11.6 Å². The fourth-order valence-corrected chi connectivity index (χ4v) is 4.54. The average Bonchev–Trinajstić information content (AvgIpc) is 2.86. The van der Waals surface area contributed by atoms with Crippen molar-refractivity contribution in [3.05, 3.63) is 75.3 Å². The molecule has 1 unspecified atom stereocenters. The lowest BCUT2D eigenvalue weighted by molar-refractivity contribution is -0.384. The summed E-state index contributed by atoms with van der Waals surface area (Å²) in [5.41, 5.74) is 2.52. The van der Waals surface area contributed by atoms with Gasteiger partial charge in [0.2, 0.25) is 0 Å². The molecular weight excluding hydrogens is 481 g/mol. The van der Waals surface area contributed by atoms with Gasteiger partial charge in [-0.3, -0.25) is 19.8 Å². The number of hydroxylamine groups is 1. The fraction of sp³-hybridized carbons (Fsp3) is 0.417. The Labute approximate surface area is 204 Å². The number of halogens is 3. The van der Waals surface area contributed by atoms with Crippen LogP contribution in [0, 0.1) is 16.0 Å². The molecule has 1 atom stereocenters. The molecule has 2 heterocycles. The summed E-state index contributed by atoms with van der Waals surface area (Å²) in [7, 11) is 0. The molecule has 36 heavy (non-hydrogen) atoms. The highest BCUT2D eigenvalue weighted by Gasteiger charge is 2.36. The Morgan fingerprint density at radius 3 is 2.47 bits per heavy atom. The van der Waals surface area contributed by atoms with Gasteiger partial charge in [0, 0.05) is 24.2 Å². The number of likely N-dealkylation sites (tertiary alicyclic amines) is 1. The molecule has 0 radical (unpaired) electrons. The molecule has 2 aliphatic rings. The number of nitrogens with one attached hydrogen (secondary N) is 1. The van der Waals surface area contributed by atoms with Gasteiger partial charge in [-0.15, -0.1) is 5.48 Å². The molecular formula is C24H25F3N4O5. The first-order valence-electron chi connectivity index (χ1n) is 11.5. The van der Waals surface area contributed by atoms with Gasteiger partial charge in [-0.05, 0) is 62.0 Å². The van der Waals surface area contributed by atoms with Crippen LogP contribution in [0.5, 0.6) is 0 Å². The highest BCUT2D eigenvalue weighted by Crippen LogP contribution is 2.31. The van der Waals surface area contributed by atoms with Gasteiger partial charge < -0.3 is 9.74 Å². The van der Waals surface area contributed by atoms with Crippen molar-refractivity contribution in [2.75, 3.05) is 19.6 Å². The van der Waals surface area contributed by atoms with Crippen molar-refractivity contribution in [3.63, 3.8) is 0 Å². The van der Waals surface area contributed by atoms with Crippen LogP contribution in [0.25, 0.3) is 0 Å². The van der Waals surface area contributed by atoms with Crippen LogP contribution in [0.2, 0.25) is 0 Å². The predicted octanol–water partition coefficient (Wildman–Crippen LogP) is 3.75. The van der Waals surface area contributed by atoms with E-state index in [-0.39, 0.29) is 23.7 Å². The molecule has 192 valence electrons. The number of nitro benzene ring substituents is 1. The predicted molar refractivity (Wildman–Crippen MR) is 121 cm³/mol. The minimum absolute atomic E-state index is 0.0439. The molecule has 2 saturated heterocycles. The van der Waals surface area contributed by atoms with E-state index in [0.29, 0.717) is 13.0 Å². The molecule has 2 aliphatic heterocycles. The largest absolute Gasteiger partial charge is 0.416 e. The molecule has 4 rings (SSSR count). The molecule has 1 amide bonds. The topological polar surface area (TPSA) is 105 Å². The maximum absolute atomic E-state index is 13.1. The number of benzene rings is 2. The molecule has 12 heteroatoms. The first-order chi connectivity index (χ1) is 17.1. The first-order valence-corrected chi connectivity index (χ1v) is 11.5. The summed E-state index contributed by atoms with van der Waals surface area (Å²) in [5.74, 6) is -1.17. The van der Waals surface area contributed by atoms with Crippen LogP contribution in [0.3, 0.4) is 0 Å². The number of nitrogens with zero attached hydrogens (tertiary/aromatic N) is 3. The molecule has 2 fully saturated rings. The Morgan fingerprint density at radius 1 is 1.14 bits per heavy atom. The maximum atomic E-state index is 13.1. The molecule has 0 aliphatic carbocycles. The Bertz CT molecular complexity index is 1120. The SMILES string of the molecule is O=C1CN(C(=O)c2cccc(C(F)(F)F)c2)C(CC2CCN(Cc3ccc([N+](=O)[O-])cc3)CC2)NO1. The zero-order chi connectivity index (χ0) is 25.9. The standard InChI is InChI=1S/C24H25F3N4O5/c25-24(26,27)19-3-1-2-18(13-19)23(33)30-15-22(32)36-28-21(30)12-16-8-10-29(11-9-16)14-17-4-6-20(7-5-17)31(34)35/h1-7,13,16,21,28H,8-12,14-15H2. The molecule has 9 nitrogen and oxygen atoms in total. The van der Waals surface area contributed by atoms with Crippen LogP contribution in [0.15, 0.2) is 48.5 Å². The van der Waals surface area contributed by atoms with Gasteiger partial charge in [0.05, 0.1) is 10.5 Å². The van der Waals surface area contributed by atoms with Crippen molar-refractivity contribution >= 4 is 17.6 Å². The second-order valence-corrected chi connectivity index (χ2v) is 9.00. The lowest BCUT2D eigenvalue weighted by Crippen LogP contribution is -2.57. The minimum Gasteiger partial charge on any atom is -0.367 e. The molecule has 2 aromatic rings. The number of rotatable bonds is 6. The maximum Gasteiger partial charge on any atom is 0.416 e. The zero-order valence-electron chi connectivity index (χ0n) is 19.2. The van der Waals surface area contributed by atoms with Crippen molar-refractivity contribution in [3.8, 4) is 0 Å². The van der Waals surface area contributed by atoms with E-state index >= 15 is 0 Å². The first kappa shape index (κ1) is 25.6. The Balaban J connectivity index is 1.36. The highest BCUT2D eigenvalue weighted by atomic mass is 19.4. The van der Waals surface area contributed by atoms with Crippen LogP contribution in [-0.2, 0) is 22.4 Å². The summed E-state index contributed by atoms with van der Waals surface area (Å²) in [5, 5.41) is 10.8. The number of hydrogen-bond acceptors (Lipinski definition) is 7. The zero-order valence-corrected chi connectivity index (χ0v) is 19.2. The molecule has 1 N–H and O–H groups in total. The van der Waals surface area contributed by atoms with Gasteiger partial charge in [0.1, 0.15) is 12.7 Å². The number of carbonyl (C=O) groups is 2. The monoisotopic (exact) mass is 506 g/mol. The van der Waals surface area contributed by atoms with Crippen LogP contribution in [0.1, 0.15) is 40.7 Å². The number of amides is 1. The Hall–Kier alpha value is -3.51. The Kier molecular flexibility index (Phi) is 7.55. The molecule has 0 aromatic heterocycles. The third-order valence-electron chi connectivity index (χ3n) is 6.50. The summed E-state index contributed by atoms with van der Waals surface area (Å²) in [6.07, 6.45) is -3.15. The normalized spacial score (nSPS) is 19.7. The fourth-order valence-electron chi connectivity index (χ4n) is 4.54. The van der Waals surface area contributed by atoms with E-state index < -0.39 is 34.7 Å². The third-order valence-corrected chi connectivity index (χ3v) is 6.50. The number of carbonyl (C=O) groups excluding carboxylic acids is 2. The van der Waals surface area contributed by atoms with E-state index in [1.54, 1.807) is 12.1 Å². The Morgan fingerprint density at radius 2 is 1.83 bits per heavy atom. The average molecular weight is 506 g/mol. The third kappa shape index (κ3) is 6.18. The van der Waals surface area contributed by atoms with Crippen LogP contribution in [0.4, 0.5) is 18.9 Å². The summed E-state index contributed by atoms with van der Waals surface area (Å²) < 4.78 is 39.3. The van der Waals surface area contributed by atoms with Gasteiger partial charge in [-0.1, -0.05) is 18.2 Å². The van der Waals surface area contributed by atoms with Gasteiger partial charge >= 0.3 is 12.1 Å². The second kappa shape index (κ2) is 10.6. The molecule has 0 spiro atoms. The lowest BCUT2D eigenvalue weighted by atomic mass is 9.91. The van der Waals surface area contributed by atoms with Crippen LogP contribution < -0.4 is 5.48 Å². The number of nitro groups is 1. The van der Waals surface area contributed by atoms with E-state index in [9.17, 15) is 32.9 Å². The van der Waals surface area contributed by atoms with Gasteiger partial charge in [-0.25, -0.2) is 4.79 Å². The van der Waals surface area contributed by atoms with E-state index in [0.717, 1.165) is 43.6 Å². The van der Waals surface area contributed by atoms with E-state index in [4.69, 9.17) is 4.84 Å². The molecule has 0 saturated carbocycles. The van der Waals surface area contributed by atoms with E-state index in [2.05, 4.69) is 10.4 Å². The minimum atomic E-state index is -4.59. The quantitative estimate of drug-likeness (QED) is 0.470. The summed E-state index contributed by atoms with van der Waals surface area (Å²) in [4.78, 5) is 43.7. The number of alkyl halides is 3. The van der Waals surface area contributed by atoms with Crippen molar-refractivity contribution < 1.29 is 32.5 Å². The number of piperidine rings is 1. The van der Waals surface area contributed by atoms with E-state index in [1.165, 1.54) is 29.2 Å². The van der Waals surface area contributed by atoms with E-state index in [1.807, 2.05) is 0 Å². The van der Waals surface area contributed by atoms with Crippen LogP contribution >= 0.6 is 0 Å².